The van der Waals surface area contributed by atoms with Gasteiger partial charge in [0.2, 0.25) is 0 Å². The molecular weight excluding hydrogens is 404 g/mol. The van der Waals surface area contributed by atoms with Crippen molar-refractivity contribution in [1.29, 1.82) is 0 Å². The molecule has 0 saturated carbocycles. The second-order valence-corrected chi connectivity index (χ2v) is 11.2. The van der Waals surface area contributed by atoms with Gasteiger partial charge >= 0.3 is 0 Å². The Hall–Kier alpha value is -2.74. The molecule has 0 saturated heterocycles. The van der Waals surface area contributed by atoms with Gasteiger partial charge in [0.25, 0.3) is 0 Å². The number of hydrogen-bond donors (Lipinski definition) is 0. The predicted octanol–water partition coefficient (Wildman–Crippen LogP) is 8.16. The van der Waals surface area contributed by atoms with Crippen molar-refractivity contribution in [3.63, 3.8) is 0 Å². The fourth-order valence-electron chi connectivity index (χ4n) is 4.03. The zero-order valence-electron chi connectivity index (χ0n) is 21.7. The van der Waals surface area contributed by atoms with Crippen LogP contribution in [0.1, 0.15) is 77.6 Å². The van der Waals surface area contributed by atoms with Crippen molar-refractivity contribution in [2.45, 2.75) is 66.2 Å². The molecule has 0 radical (unpaired) electrons. The van der Waals surface area contributed by atoms with Gasteiger partial charge in [-0.3, -0.25) is 0 Å². The molecule has 3 rings (SSSR count). The zero-order valence-corrected chi connectivity index (χ0v) is 21.7. The van der Waals surface area contributed by atoms with E-state index in [1.807, 2.05) is 6.92 Å². The van der Waals surface area contributed by atoms with E-state index in [0.29, 0.717) is 13.2 Å². The summed E-state index contributed by atoms with van der Waals surface area (Å²) in [5, 5.41) is 0. The molecule has 0 heterocycles. The first-order valence-electron chi connectivity index (χ1n) is 12.0. The lowest BCUT2D eigenvalue weighted by Crippen LogP contribution is -2.23. The van der Waals surface area contributed by atoms with Crippen molar-refractivity contribution in [3.8, 4) is 11.5 Å². The van der Waals surface area contributed by atoms with Crippen molar-refractivity contribution in [3.05, 3.63) is 95.1 Å². The predicted molar refractivity (Wildman–Crippen MR) is 140 cm³/mol. The molecule has 3 aromatic rings. The third kappa shape index (κ3) is 5.99. The van der Waals surface area contributed by atoms with Crippen LogP contribution in [0.25, 0.3) is 0 Å². The maximum Gasteiger partial charge on any atom is 0.119 e. The highest BCUT2D eigenvalue weighted by Gasteiger charge is 2.28. The molecule has 0 aliphatic carbocycles. The maximum atomic E-state index is 5.97. The van der Waals surface area contributed by atoms with Gasteiger partial charge < -0.3 is 9.47 Å². The van der Waals surface area contributed by atoms with Crippen molar-refractivity contribution in [2.24, 2.45) is 5.41 Å². The molecule has 0 spiro atoms. The molecule has 0 N–H and O–H groups in total. The quantitative estimate of drug-likeness (QED) is 0.349. The lowest BCUT2D eigenvalue weighted by Gasteiger charge is -2.31. The Morgan fingerprint density at radius 2 is 0.970 bits per heavy atom. The minimum atomic E-state index is -0.118. The van der Waals surface area contributed by atoms with Crippen LogP contribution in [0.3, 0.4) is 0 Å². The van der Waals surface area contributed by atoms with E-state index in [2.05, 4.69) is 121 Å². The number of hydrogen-bond acceptors (Lipinski definition) is 2. The van der Waals surface area contributed by atoms with Crippen LogP contribution in [0.2, 0.25) is 0 Å². The van der Waals surface area contributed by atoms with E-state index < -0.39 is 0 Å². The van der Waals surface area contributed by atoms with Gasteiger partial charge in [-0.05, 0) is 58.9 Å². The van der Waals surface area contributed by atoms with Crippen molar-refractivity contribution in [2.75, 3.05) is 13.2 Å². The summed E-state index contributed by atoms with van der Waals surface area (Å²) in [6.07, 6.45) is 0. The van der Waals surface area contributed by atoms with Gasteiger partial charge in [-0.15, -0.1) is 0 Å². The molecule has 0 aliphatic rings. The van der Waals surface area contributed by atoms with Crippen LogP contribution in [0.4, 0.5) is 0 Å². The summed E-state index contributed by atoms with van der Waals surface area (Å²) in [4.78, 5) is 0. The number of ether oxygens (including phenoxy) is 2. The lowest BCUT2D eigenvalue weighted by atomic mass is 9.73. The molecule has 0 amide bonds. The summed E-state index contributed by atoms with van der Waals surface area (Å²) in [6, 6.07) is 26.1. The van der Waals surface area contributed by atoms with Crippen molar-refractivity contribution < 1.29 is 9.47 Å². The van der Waals surface area contributed by atoms with Gasteiger partial charge in [-0.2, -0.15) is 0 Å². The van der Waals surface area contributed by atoms with E-state index >= 15 is 0 Å². The average molecular weight is 445 g/mol. The summed E-state index contributed by atoms with van der Waals surface area (Å²) in [5.41, 5.74) is 5.09. The fourth-order valence-corrected chi connectivity index (χ4v) is 4.03. The molecule has 0 aliphatic heterocycles. The topological polar surface area (TPSA) is 18.5 Å². The largest absolute Gasteiger partial charge is 0.494 e. The molecule has 33 heavy (non-hydrogen) atoms. The normalized spacial score (nSPS) is 12.5. The molecule has 0 fully saturated rings. The Labute approximate surface area is 201 Å². The van der Waals surface area contributed by atoms with Gasteiger partial charge in [0, 0.05) is 10.8 Å². The molecule has 2 nitrogen and oxygen atoms in total. The highest BCUT2D eigenvalue weighted by atomic mass is 16.5. The standard InChI is InChI=1S/C31H40O2/c1-9-32-27-17-13-23(14-18-27)30(5,6)25-11-10-12-26(21-25)31(7,8)24-15-19-28(20-16-24)33-22-29(2,3)4/h10-21H,9,22H2,1-8H3. The van der Waals surface area contributed by atoms with Crippen LogP contribution >= 0.6 is 0 Å². The van der Waals surface area contributed by atoms with Crippen LogP contribution in [0.5, 0.6) is 11.5 Å². The first-order chi connectivity index (χ1) is 15.4. The Kier molecular flexibility index (Phi) is 7.26. The van der Waals surface area contributed by atoms with E-state index in [9.17, 15) is 0 Å². The smallest absolute Gasteiger partial charge is 0.119 e. The summed E-state index contributed by atoms with van der Waals surface area (Å²) in [7, 11) is 0. The van der Waals surface area contributed by atoms with E-state index in [1.54, 1.807) is 0 Å². The molecule has 3 aromatic carbocycles. The van der Waals surface area contributed by atoms with Crippen LogP contribution in [0, 0.1) is 5.41 Å². The molecular formula is C31H40O2. The van der Waals surface area contributed by atoms with E-state index in [4.69, 9.17) is 9.47 Å². The van der Waals surface area contributed by atoms with E-state index in [1.165, 1.54) is 22.3 Å². The van der Waals surface area contributed by atoms with E-state index in [0.717, 1.165) is 11.5 Å². The number of benzene rings is 3. The van der Waals surface area contributed by atoms with Crippen LogP contribution in [-0.4, -0.2) is 13.2 Å². The summed E-state index contributed by atoms with van der Waals surface area (Å²) < 4.78 is 11.6. The second kappa shape index (κ2) is 9.63. The maximum absolute atomic E-state index is 5.97. The fraction of sp³-hybridized carbons (Fsp3) is 0.419. The Morgan fingerprint density at radius 1 is 0.545 bits per heavy atom. The summed E-state index contributed by atoms with van der Waals surface area (Å²) in [5.74, 6) is 1.84. The minimum Gasteiger partial charge on any atom is -0.494 e. The van der Waals surface area contributed by atoms with Gasteiger partial charge in [0.1, 0.15) is 11.5 Å². The second-order valence-electron chi connectivity index (χ2n) is 11.2. The third-order valence-electron chi connectivity index (χ3n) is 6.44. The minimum absolute atomic E-state index is 0.110. The molecule has 0 bridgehead atoms. The van der Waals surface area contributed by atoms with Crippen LogP contribution in [0.15, 0.2) is 72.8 Å². The Morgan fingerprint density at radius 3 is 1.36 bits per heavy atom. The van der Waals surface area contributed by atoms with Crippen LogP contribution < -0.4 is 9.47 Å². The molecule has 0 unspecified atom stereocenters. The van der Waals surface area contributed by atoms with Crippen LogP contribution in [-0.2, 0) is 10.8 Å². The Bertz CT molecular complexity index is 1040. The molecule has 0 atom stereocenters. The Balaban J connectivity index is 1.85. The third-order valence-corrected chi connectivity index (χ3v) is 6.44. The average Bonchev–Trinajstić information content (AvgIpc) is 2.78. The lowest BCUT2D eigenvalue weighted by molar-refractivity contribution is 0.198. The number of rotatable bonds is 8. The first kappa shape index (κ1) is 24.9. The van der Waals surface area contributed by atoms with Gasteiger partial charge in [-0.25, -0.2) is 0 Å². The zero-order chi connectivity index (χ0) is 24.3. The van der Waals surface area contributed by atoms with Gasteiger partial charge in [-0.1, -0.05) is 97.0 Å². The highest BCUT2D eigenvalue weighted by molar-refractivity contribution is 5.46. The molecule has 0 aromatic heterocycles. The summed E-state index contributed by atoms with van der Waals surface area (Å²) in [6.45, 7) is 19.1. The van der Waals surface area contributed by atoms with E-state index in [-0.39, 0.29) is 16.2 Å². The highest BCUT2D eigenvalue weighted by Crippen LogP contribution is 2.37. The SMILES string of the molecule is CCOc1ccc(C(C)(C)c2cccc(C(C)(C)c3ccc(OCC(C)(C)C)cc3)c2)cc1. The van der Waals surface area contributed by atoms with Gasteiger partial charge in [0.05, 0.1) is 13.2 Å². The monoisotopic (exact) mass is 444 g/mol. The molecule has 176 valence electrons. The van der Waals surface area contributed by atoms with Crippen molar-refractivity contribution in [1.82, 2.24) is 0 Å². The first-order valence-corrected chi connectivity index (χ1v) is 12.0. The summed E-state index contributed by atoms with van der Waals surface area (Å²) >= 11 is 0. The van der Waals surface area contributed by atoms with Gasteiger partial charge in [0.15, 0.2) is 0 Å². The molecule has 2 heteroatoms. The van der Waals surface area contributed by atoms with Crippen molar-refractivity contribution >= 4 is 0 Å².